The zero-order valence-corrected chi connectivity index (χ0v) is 10.4. The summed E-state index contributed by atoms with van der Waals surface area (Å²) < 4.78 is 0. The first-order valence-corrected chi connectivity index (χ1v) is 6.08. The van der Waals surface area contributed by atoms with E-state index in [1.165, 1.54) is 0 Å². The number of nitrogens with one attached hydrogen (secondary N) is 2. The van der Waals surface area contributed by atoms with Gasteiger partial charge in [-0.05, 0) is 50.9 Å². The summed E-state index contributed by atoms with van der Waals surface area (Å²) >= 11 is 0. The van der Waals surface area contributed by atoms with Gasteiger partial charge in [-0.2, -0.15) is 0 Å². The van der Waals surface area contributed by atoms with Gasteiger partial charge in [0, 0.05) is 12.4 Å². The normalized spacial score (nSPS) is 25.5. The lowest BCUT2D eigenvalue weighted by Crippen LogP contribution is -2.51. The van der Waals surface area contributed by atoms with Crippen LogP contribution in [0.5, 0.6) is 0 Å². The second kappa shape index (κ2) is 4.84. The highest BCUT2D eigenvalue weighted by Crippen LogP contribution is 2.20. The molecule has 0 aliphatic carbocycles. The molecule has 0 radical (unpaired) electrons. The number of aromatic nitrogens is 1. The zero-order valence-electron chi connectivity index (χ0n) is 10.4. The Morgan fingerprint density at radius 1 is 1.53 bits per heavy atom. The van der Waals surface area contributed by atoms with Crippen LogP contribution >= 0.6 is 0 Å². The zero-order chi connectivity index (χ0) is 12.3. The van der Waals surface area contributed by atoms with Crippen LogP contribution in [-0.4, -0.2) is 23.0 Å². The number of hydrogen-bond acceptors (Lipinski definition) is 3. The summed E-state index contributed by atoms with van der Waals surface area (Å²) in [5.41, 5.74) is 0.677. The monoisotopic (exact) mass is 233 g/mol. The summed E-state index contributed by atoms with van der Waals surface area (Å²) in [4.78, 5) is 16.1. The molecule has 1 aromatic heterocycles. The molecule has 0 saturated carbocycles. The summed E-state index contributed by atoms with van der Waals surface area (Å²) in [6, 6.07) is 3.87. The third-order valence-corrected chi connectivity index (χ3v) is 3.42. The molecule has 1 aliphatic heterocycles. The van der Waals surface area contributed by atoms with Gasteiger partial charge in [0.15, 0.2) is 0 Å². The lowest BCUT2D eigenvalue weighted by Gasteiger charge is -2.25. The fourth-order valence-electron chi connectivity index (χ4n) is 2.18. The molecule has 0 aromatic carbocycles. The largest absolute Gasteiger partial charge is 0.348 e. The minimum absolute atomic E-state index is 0.0183. The van der Waals surface area contributed by atoms with E-state index in [0.29, 0.717) is 0 Å². The second-order valence-corrected chi connectivity index (χ2v) is 4.84. The Morgan fingerprint density at radius 2 is 2.24 bits per heavy atom. The van der Waals surface area contributed by atoms with Crippen molar-refractivity contribution < 1.29 is 4.79 Å². The first kappa shape index (κ1) is 12.0. The molecule has 0 spiro atoms. The van der Waals surface area contributed by atoms with Crippen LogP contribution in [0.15, 0.2) is 24.5 Å². The van der Waals surface area contributed by atoms with Gasteiger partial charge in [-0.15, -0.1) is 0 Å². The maximum absolute atomic E-state index is 12.2. The van der Waals surface area contributed by atoms with E-state index in [4.69, 9.17) is 0 Å². The molecular weight excluding hydrogens is 214 g/mol. The van der Waals surface area contributed by atoms with Crippen LogP contribution < -0.4 is 10.6 Å². The number of hydrogen-bond donors (Lipinski definition) is 2. The molecule has 2 N–H and O–H groups in total. The SMILES string of the molecule is C[C@H](NC(=O)C1(C)CCCN1)c1ccncc1. The summed E-state index contributed by atoms with van der Waals surface area (Å²) in [7, 11) is 0. The van der Waals surface area contributed by atoms with Gasteiger partial charge >= 0.3 is 0 Å². The van der Waals surface area contributed by atoms with Crippen LogP contribution in [0.3, 0.4) is 0 Å². The van der Waals surface area contributed by atoms with Crippen molar-refractivity contribution in [3.05, 3.63) is 30.1 Å². The Hall–Kier alpha value is -1.42. The van der Waals surface area contributed by atoms with E-state index in [-0.39, 0.29) is 11.9 Å². The van der Waals surface area contributed by atoms with Gasteiger partial charge in [-0.25, -0.2) is 0 Å². The van der Waals surface area contributed by atoms with Crippen LogP contribution in [0.25, 0.3) is 0 Å². The lowest BCUT2D eigenvalue weighted by atomic mass is 9.98. The third-order valence-electron chi connectivity index (χ3n) is 3.42. The maximum atomic E-state index is 12.2. The average molecular weight is 233 g/mol. The quantitative estimate of drug-likeness (QED) is 0.829. The molecule has 4 nitrogen and oxygen atoms in total. The maximum Gasteiger partial charge on any atom is 0.240 e. The fraction of sp³-hybridized carbons (Fsp3) is 0.538. The molecule has 2 rings (SSSR count). The van der Waals surface area contributed by atoms with Crippen LogP contribution in [0.1, 0.15) is 38.3 Å². The molecule has 2 atom stereocenters. The Balaban J connectivity index is 1.99. The second-order valence-electron chi connectivity index (χ2n) is 4.84. The van der Waals surface area contributed by atoms with E-state index < -0.39 is 5.54 Å². The van der Waals surface area contributed by atoms with Crippen molar-refractivity contribution in [3.63, 3.8) is 0 Å². The van der Waals surface area contributed by atoms with Gasteiger partial charge in [0.25, 0.3) is 0 Å². The van der Waals surface area contributed by atoms with Crippen molar-refractivity contribution in [2.45, 2.75) is 38.3 Å². The smallest absolute Gasteiger partial charge is 0.240 e. The number of amides is 1. The van der Waals surface area contributed by atoms with Crippen molar-refractivity contribution >= 4 is 5.91 Å². The first-order valence-electron chi connectivity index (χ1n) is 6.08. The lowest BCUT2D eigenvalue weighted by molar-refractivity contribution is -0.127. The summed E-state index contributed by atoms with van der Waals surface area (Å²) in [5.74, 6) is 0.0827. The molecule has 1 saturated heterocycles. The van der Waals surface area contributed by atoms with E-state index >= 15 is 0 Å². The van der Waals surface area contributed by atoms with E-state index in [9.17, 15) is 4.79 Å². The van der Waals surface area contributed by atoms with E-state index in [1.807, 2.05) is 26.0 Å². The Kier molecular flexibility index (Phi) is 3.43. The van der Waals surface area contributed by atoms with E-state index in [0.717, 1.165) is 24.9 Å². The third kappa shape index (κ3) is 2.64. The molecule has 1 aromatic rings. The molecule has 92 valence electrons. The van der Waals surface area contributed by atoms with Crippen LogP contribution in [0, 0.1) is 0 Å². The van der Waals surface area contributed by atoms with E-state index in [1.54, 1.807) is 12.4 Å². The van der Waals surface area contributed by atoms with Crippen molar-refractivity contribution in [2.75, 3.05) is 6.54 Å². The van der Waals surface area contributed by atoms with Crippen LogP contribution in [0.4, 0.5) is 0 Å². The minimum atomic E-state index is -0.401. The predicted molar refractivity (Wildman–Crippen MR) is 66.4 cm³/mol. The molecule has 17 heavy (non-hydrogen) atoms. The van der Waals surface area contributed by atoms with E-state index in [2.05, 4.69) is 15.6 Å². The Bertz CT molecular complexity index is 385. The Morgan fingerprint density at radius 3 is 2.82 bits per heavy atom. The predicted octanol–water partition coefficient (Wildman–Crippen LogP) is 1.40. The topological polar surface area (TPSA) is 54.0 Å². The summed E-state index contributed by atoms with van der Waals surface area (Å²) in [6.45, 7) is 4.88. The number of pyridine rings is 1. The molecule has 2 heterocycles. The molecule has 1 aliphatic rings. The van der Waals surface area contributed by atoms with Crippen LogP contribution in [0.2, 0.25) is 0 Å². The van der Waals surface area contributed by atoms with Crippen molar-refractivity contribution in [1.82, 2.24) is 15.6 Å². The van der Waals surface area contributed by atoms with Gasteiger partial charge in [-0.1, -0.05) is 0 Å². The highest BCUT2D eigenvalue weighted by Gasteiger charge is 2.36. The van der Waals surface area contributed by atoms with Gasteiger partial charge < -0.3 is 10.6 Å². The number of rotatable bonds is 3. The van der Waals surface area contributed by atoms with Gasteiger partial charge in [0.05, 0.1) is 11.6 Å². The fourth-order valence-corrected chi connectivity index (χ4v) is 2.18. The van der Waals surface area contributed by atoms with Crippen molar-refractivity contribution in [2.24, 2.45) is 0 Å². The molecule has 4 heteroatoms. The number of carbonyl (C=O) groups excluding carboxylic acids is 1. The van der Waals surface area contributed by atoms with Crippen molar-refractivity contribution in [1.29, 1.82) is 0 Å². The number of carbonyl (C=O) groups is 1. The molecule has 1 unspecified atom stereocenters. The van der Waals surface area contributed by atoms with Crippen LogP contribution in [-0.2, 0) is 4.79 Å². The first-order chi connectivity index (χ1) is 8.12. The Labute approximate surface area is 102 Å². The summed E-state index contributed by atoms with van der Waals surface area (Å²) in [6.07, 6.45) is 5.45. The minimum Gasteiger partial charge on any atom is -0.348 e. The molecule has 0 bridgehead atoms. The molecule has 1 fully saturated rings. The number of nitrogens with zero attached hydrogens (tertiary/aromatic N) is 1. The highest BCUT2D eigenvalue weighted by molar-refractivity contribution is 5.86. The van der Waals surface area contributed by atoms with Crippen molar-refractivity contribution in [3.8, 4) is 0 Å². The molecular formula is C13H19N3O. The van der Waals surface area contributed by atoms with Gasteiger partial charge in [0.1, 0.15) is 0 Å². The van der Waals surface area contributed by atoms with Gasteiger partial charge in [-0.3, -0.25) is 9.78 Å². The summed E-state index contributed by atoms with van der Waals surface area (Å²) in [5, 5.41) is 6.31. The molecule has 1 amide bonds. The standard InChI is InChI=1S/C13H19N3O/c1-10(11-4-8-14-9-5-11)16-12(17)13(2)6-3-7-15-13/h4-5,8-10,15H,3,6-7H2,1-2H3,(H,16,17)/t10-,13?/m0/s1. The highest BCUT2D eigenvalue weighted by atomic mass is 16.2. The average Bonchev–Trinajstić information content (AvgIpc) is 2.78. The van der Waals surface area contributed by atoms with Gasteiger partial charge in [0.2, 0.25) is 5.91 Å².